The molecule has 0 radical (unpaired) electrons. The first-order valence-corrected chi connectivity index (χ1v) is 7.99. The zero-order valence-corrected chi connectivity index (χ0v) is 13.9. The van der Waals surface area contributed by atoms with E-state index in [1.807, 2.05) is 62.4 Å². The highest BCUT2D eigenvalue weighted by Crippen LogP contribution is 2.21. The fourth-order valence-corrected chi connectivity index (χ4v) is 2.47. The average Bonchev–Trinajstić information content (AvgIpc) is 3.06. The van der Waals surface area contributed by atoms with Gasteiger partial charge in [0.15, 0.2) is 11.7 Å². The zero-order valence-electron chi connectivity index (χ0n) is 13.9. The molecule has 0 saturated carbocycles. The van der Waals surface area contributed by atoms with Crippen molar-refractivity contribution in [1.82, 2.24) is 4.98 Å². The number of hydrogen-bond acceptors (Lipinski definition) is 3. The van der Waals surface area contributed by atoms with Crippen LogP contribution < -0.4 is 5.32 Å². The molecule has 0 aliphatic carbocycles. The summed E-state index contributed by atoms with van der Waals surface area (Å²) >= 11 is 0. The summed E-state index contributed by atoms with van der Waals surface area (Å²) in [5, 5.41) is 2.95. The topological polar surface area (TPSA) is 55.1 Å². The van der Waals surface area contributed by atoms with Gasteiger partial charge in [0.2, 0.25) is 5.91 Å². The van der Waals surface area contributed by atoms with Gasteiger partial charge in [-0.25, -0.2) is 4.98 Å². The Bertz CT molecular complexity index is 838. The number of aromatic nitrogens is 1. The molecule has 0 aliphatic heterocycles. The predicted octanol–water partition coefficient (Wildman–Crippen LogP) is 4.53. The van der Waals surface area contributed by atoms with Crippen molar-refractivity contribution in [3.63, 3.8) is 0 Å². The van der Waals surface area contributed by atoms with Crippen LogP contribution in [0.15, 0.2) is 59.1 Å². The van der Waals surface area contributed by atoms with Gasteiger partial charge < -0.3 is 9.73 Å². The minimum atomic E-state index is -0.0387. The van der Waals surface area contributed by atoms with Crippen molar-refractivity contribution in [3.05, 3.63) is 71.7 Å². The number of carbonyl (C=O) groups excluding carboxylic acids is 1. The number of anilines is 1. The van der Waals surface area contributed by atoms with Crippen LogP contribution in [-0.2, 0) is 11.2 Å². The second-order valence-corrected chi connectivity index (χ2v) is 5.85. The molecular weight excluding hydrogens is 300 g/mol. The first-order chi connectivity index (χ1) is 11.6. The summed E-state index contributed by atoms with van der Waals surface area (Å²) in [7, 11) is 0. The molecule has 3 rings (SSSR count). The lowest BCUT2D eigenvalue weighted by Gasteiger charge is -2.08. The Morgan fingerprint density at radius 2 is 1.92 bits per heavy atom. The first-order valence-electron chi connectivity index (χ1n) is 7.99. The molecule has 24 heavy (non-hydrogen) atoms. The first kappa shape index (κ1) is 16.0. The van der Waals surface area contributed by atoms with E-state index in [-0.39, 0.29) is 5.91 Å². The highest BCUT2D eigenvalue weighted by Gasteiger charge is 2.10. The third-order valence-electron chi connectivity index (χ3n) is 3.84. The molecule has 0 saturated heterocycles. The molecule has 1 amide bonds. The maximum absolute atomic E-state index is 12.1. The van der Waals surface area contributed by atoms with Crippen LogP contribution >= 0.6 is 0 Å². The van der Waals surface area contributed by atoms with Crippen molar-refractivity contribution in [2.45, 2.75) is 26.7 Å². The molecule has 0 unspecified atom stereocenters. The van der Waals surface area contributed by atoms with Crippen LogP contribution in [0.1, 0.15) is 23.4 Å². The molecule has 0 atom stereocenters. The van der Waals surface area contributed by atoms with E-state index in [1.165, 1.54) is 0 Å². The molecule has 122 valence electrons. The molecule has 1 N–H and O–H groups in total. The number of benzene rings is 2. The minimum Gasteiger partial charge on any atom is -0.441 e. The molecule has 1 heterocycles. The number of amides is 1. The highest BCUT2D eigenvalue weighted by molar-refractivity contribution is 5.91. The summed E-state index contributed by atoms with van der Waals surface area (Å²) in [6, 6.07) is 15.8. The van der Waals surface area contributed by atoms with Crippen LogP contribution in [0.4, 0.5) is 5.69 Å². The molecule has 0 spiro atoms. The van der Waals surface area contributed by atoms with Crippen molar-refractivity contribution < 1.29 is 9.21 Å². The van der Waals surface area contributed by atoms with Crippen molar-refractivity contribution in [2.24, 2.45) is 0 Å². The Morgan fingerprint density at radius 3 is 2.71 bits per heavy atom. The normalized spacial score (nSPS) is 10.6. The number of rotatable bonds is 5. The van der Waals surface area contributed by atoms with Gasteiger partial charge in [-0.15, -0.1) is 0 Å². The van der Waals surface area contributed by atoms with Crippen molar-refractivity contribution in [1.29, 1.82) is 0 Å². The Kier molecular flexibility index (Phi) is 4.75. The fraction of sp³-hybridized carbons (Fsp3) is 0.200. The van der Waals surface area contributed by atoms with E-state index in [9.17, 15) is 4.79 Å². The van der Waals surface area contributed by atoms with Gasteiger partial charge in [-0.1, -0.05) is 42.5 Å². The monoisotopic (exact) mass is 320 g/mol. The molecule has 0 fully saturated rings. The van der Waals surface area contributed by atoms with Crippen LogP contribution in [0.2, 0.25) is 0 Å². The summed E-state index contributed by atoms with van der Waals surface area (Å²) < 4.78 is 5.72. The Hall–Kier alpha value is -2.88. The number of carbonyl (C=O) groups is 1. The lowest BCUT2D eigenvalue weighted by atomic mass is 10.1. The number of nitrogens with one attached hydrogen (secondary N) is 1. The highest BCUT2D eigenvalue weighted by atomic mass is 16.4. The number of nitrogens with zero attached hydrogens (tertiary/aromatic N) is 1. The maximum atomic E-state index is 12.1. The van der Waals surface area contributed by atoms with Gasteiger partial charge in [-0.3, -0.25) is 4.79 Å². The molecule has 2 aromatic carbocycles. The quantitative estimate of drug-likeness (QED) is 0.751. The number of aryl methyl sites for hydroxylation is 3. The fourth-order valence-electron chi connectivity index (χ4n) is 2.47. The van der Waals surface area contributed by atoms with E-state index >= 15 is 0 Å². The lowest BCUT2D eigenvalue weighted by molar-refractivity contribution is -0.116. The molecule has 3 aromatic rings. The van der Waals surface area contributed by atoms with Gasteiger partial charge in [-0.2, -0.15) is 0 Å². The van der Waals surface area contributed by atoms with E-state index in [0.29, 0.717) is 18.7 Å². The molecule has 4 heteroatoms. The summed E-state index contributed by atoms with van der Waals surface area (Å²) in [5.74, 6) is 1.26. The summed E-state index contributed by atoms with van der Waals surface area (Å²) in [6.45, 7) is 3.99. The van der Waals surface area contributed by atoms with E-state index in [2.05, 4.69) is 10.3 Å². The van der Waals surface area contributed by atoms with E-state index in [4.69, 9.17) is 4.42 Å². The Morgan fingerprint density at radius 1 is 1.12 bits per heavy atom. The van der Waals surface area contributed by atoms with Crippen LogP contribution in [0, 0.1) is 13.8 Å². The maximum Gasteiger partial charge on any atom is 0.224 e. The summed E-state index contributed by atoms with van der Waals surface area (Å²) in [6.07, 6.45) is 2.51. The van der Waals surface area contributed by atoms with E-state index in [0.717, 1.165) is 28.1 Å². The van der Waals surface area contributed by atoms with Gasteiger partial charge in [0.25, 0.3) is 0 Å². The van der Waals surface area contributed by atoms with Crippen molar-refractivity contribution in [2.75, 3.05) is 5.32 Å². The predicted molar refractivity (Wildman–Crippen MR) is 94.8 cm³/mol. The van der Waals surface area contributed by atoms with Gasteiger partial charge in [0.05, 0.1) is 6.20 Å². The Labute approximate surface area is 141 Å². The molecular formula is C20H20N2O2. The minimum absolute atomic E-state index is 0.0387. The summed E-state index contributed by atoms with van der Waals surface area (Å²) in [4.78, 5) is 16.4. The standard InChI is InChI=1S/C20H20N2O2/c1-14-8-9-15(2)17(12-14)22-19(23)10-11-20-21-13-18(24-20)16-6-4-3-5-7-16/h3-9,12-13H,10-11H2,1-2H3,(H,22,23). The third kappa shape index (κ3) is 3.90. The van der Waals surface area contributed by atoms with Crippen molar-refractivity contribution >= 4 is 11.6 Å². The Balaban J connectivity index is 1.59. The number of hydrogen-bond donors (Lipinski definition) is 1. The SMILES string of the molecule is Cc1ccc(C)c(NC(=O)CCc2ncc(-c3ccccc3)o2)c1. The zero-order chi connectivity index (χ0) is 16.9. The van der Waals surface area contributed by atoms with Crippen LogP contribution in [0.5, 0.6) is 0 Å². The molecule has 0 bridgehead atoms. The largest absolute Gasteiger partial charge is 0.441 e. The van der Waals surface area contributed by atoms with Gasteiger partial charge in [0.1, 0.15) is 0 Å². The molecule has 4 nitrogen and oxygen atoms in total. The van der Waals surface area contributed by atoms with Gasteiger partial charge in [0, 0.05) is 24.1 Å². The van der Waals surface area contributed by atoms with E-state index in [1.54, 1.807) is 6.20 Å². The van der Waals surface area contributed by atoms with Gasteiger partial charge in [-0.05, 0) is 31.0 Å². The number of oxazole rings is 1. The smallest absolute Gasteiger partial charge is 0.224 e. The van der Waals surface area contributed by atoms with Crippen LogP contribution in [0.25, 0.3) is 11.3 Å². The third-order valence-corrected chi connectivity index (χ3v) is 3.84. The molecule has 0 aliphatic rings. The van der Waals surface area contributed by atoms with Crippen LogP contribution in [-0.4, -0.2) is 10.9 Å². The second kappa shape index (κ2) is 7.13. The van der Waals surface area contributed by atoms with E-state index < -0.39 is 0 Å². The second-order valence-electron chi connectivity index (χ2n) is 5.85. The van der Waals surface area contributed by atoms with Crippen molar-refractivity contribution in [3.8, 4) is 11.3 Å². The lowest BCUT2D eigenvalue weighted by Crippen LogP contribution is -2.13. The average molecular weight is 320 g/mol. The van der Waals surface area contributed by atoms with Gasteiger partial charge >= 0.3 is 0 Å². The van der Waals surface area contributed by atoms with Crippen LogP contribution in [0.3, 0.4) is 0 Å². The molecule has 1 aromatic heterocycles. The summed E-state index contributed by atoms with van der Waals surface area (Å²) in [5.41, 5.74) is 4.01.